The van der Waals surface area contributed by atoms with Crippen LogP contribution in [0, 0.1) is 17.2 Å². The number of hydrogen-bond donors (Lipinski definition) is 2. The number of nitrogens with one attached hydrogen (secondary N) is 1. The van der Waals surface area contributed by atoms with Gasteiger partial charge in [-0.15, -0.1) is 0 Å². The van der Waals surface area contributed by atoms with E-state index in [9.17, 15) is 22.8 Å². The van der Waals surface area contributed by atoms with Gasteiger partial charge in [-0.05, 0) is 0 Å². The highest BCUT2D eigenvalue weighted by Crippen LogP contribution is 2.30. The summed E-state index contributed by atoms with van der Waals surface area (Å²) in [5, 5.41) is 10.3. The van der Waals surface area contributed by atoms with Gasteiger partial charge < -0.3 is 10.1 Å². The van der Waals surface area contributed by atoms with Gasteiger partial charge in [-0.1, -0.05) is 0 Å². The molecule has 0 spiro atoms. The second kappa shape index (κ2) is 5.21. The van der Waals surface area contributed by atoms with Gasteiger partial charge in [-0.25, -0.2) is 9.10 Å². The number of carbonyl (C=O) groups is 3. The van der Waals surface area contributed by atoms with Crippen molar-refractivity contribution in [1.82, 2.24) is 9.62 Å². The maximum Gasteiger partial charge on any atom is 0.363 e. The minimum absolute atomic E-state index is 0.143. The highest BCUT2D eigenvalue weighted by Gasteiger charge is 2.60. The van der Waals surface area contributed by atoms with Crippen molar-refractivity contribution in [3.63, 3.8) is 0 Å². The summed E-state index contributed by atoms with van der Waals surface area (Å²) in [6.07, 6.45) is 0. The van der Waals surface area contributed by atoms with Gasteiger partial charge in [0, 0.05) is 0 Å². The Bertz CT molecular complexity index is 563. The fraction of sp³-hybridized carbons (Fsp3) is 0.500. The molecule has 2 N–H and O–H groups in total. The normalized spacial score (nSPS) is 22.2. The number of esters is 1. The van der Waals surface area contributed by atoms with Crippen LogP contribution in [0.4, 0.5) is 0 Å². The summed E-state index contributed by atoms with van der Waals surface area (Å²) in [5.74, 6) is -5.09. The van der Waals surface area contributed by atoms with Crippen molar-refractivity contribution in [1.29, 1.82) is 5.26 Å². The molecule has 2 amide bonds. The third kappa shape index (κ3) is 2.64. The van der Waals surface area contributed by atoms with Gasteiger partial charge in [0.25, 0.3) is 5.91 Å². The number of amides is 2. The lowest BCUT2D eigenvalue weighted by molar-refractivity contribution is -0.168. The molecule has 2 unspecified atom stereocenters. The maximum atomic E-state index is 11.5. The van der Waals surface area contributed by atoms with Gasteiger partial charge in [0.2, 0.25) is 5.91 Å². The average molecular weight is 291 g/mol. The Labute approximate surface area is 107 Å². The first-order valence-electron chi connectivity index (χ1n) is 4.79. The van der Waals surface area contributed by atoms with E-state index < -0.39 is 46.6 Å². The molecule has 0 aromatic carbocycles. The van der Waals surface area contributed by atoms with Crippen molar-refractivity contribution in [2.45, 2.75) is 6.04 Å². The van der Waals surface area contributed by atoms with Crippen LogP contribution in [0.5, 0.6) is 0 Å². The highest BCUT2D eigenvalue weighted by molar-refractivity contribution is 7.84. The molecule has 0 aromatic rings. The van der Waals surface area contributed by atoms with Crippen LogP contribution in [0.2, 0.25) is 0 Å². The first-order chi connectivity index (χ1) is 8.75. The second-order valence-electron chi connectivity index (χ2n) is 3.43. The SMILES string of the molecule is COC(=O)C1C(C(=O)NCC#N)C(=O)N1S(=O)(=O)O. The lowest BCUT2D eigenvalue weighted by atomic mass is 9.89. The van der Waals surface area contributed by atoms with Crippen LogP contribution in [0.1, 0.15) is 0 Å². The van der Waals surface area contributed by atoms with E-state index in [1.54, 1.807) is 6.07 Å². The Morgan fingerprint density at radius 1 is 1.58 bits per heavy atom. The Hall–Kier alpha value is -2.19. The number of methoxy groups -OCH3 is 1. The zero-order valence-corrected chi connectivity index (χ0v) is 10.4. The largest absolute Gasteiger partial charge is 0.467 e. The molecule has 0 saturated carbocycles. The minimum atomic E-state index is -4.97. The standard InChI is InChI=1S/C8H9N3O7S/c1-18-8(14)5-4(6(12)10-3-2-9)7(13)11(5)19(15,16)17/h4-5H,3H2,1H3,(H,10,12)(H,15,16,17). The van der Waals surface area contributed by atoms with E-state index in [1.807, 2.05) is 5.32 Å². The minimum Gasteiger partial charge on any atom is -0.467 e. The number of β-lactam (4-membered cyclic amide) rings is 1. The molecule has 10 nitrogen and oxygen atoms in total. The molecule has 1 fully saturated rings. The van der Waals surface area contributed by atoms with Crippen molar-refractivity contribution in [2.24, 2.45) is 5.92 Å². The van der Waals surface area contributed by atoms with Crippen LogP contribution in [0.25, 0.3) is 0 Å². The predicted molar refractivity (Wildman–Crippen MR) is 56.3 cm³/mol. The number of nitrogens with zero attached hydrogens (tertiary/aromatic N) is 2. The first kappa shape index (κ1) is 14.9. The van der Waals surface area contributed by atoms with E-state index in [0.29, 0.717) is 0 Å². The zero-order valence-electron chi connectivity index (χ0n) is 9.56. The van der Waals surface area contributed by atoms with Crippen molar-refractivity contribution in [2.75, 3.05) is 13.7 Å². The summed E-state index contributed by atoms with van der Waals surface area (Å²) >= 11 is 0. The summed E-state index contributed by atoms with van der Waals surface area (Å²) in [4.78, 5) is 34.3. The number of rotatable bonds is 4. The molecule has 0 aliphatic carbocycles. The van der Waals surface area contributed by atoms with Gasteiger partial charge >= 0.3 is 16.3 Å². The quantitative estimate of drug-likeness (QED) is 0.188. The van der Waals surface area contributed by atoms with E-state index in [4.69, 9.17) is 9.81 Å². The molecular formula is C8H9N3O7S. The predicted octanol–water partition coefficient (Wildman–Crippen LogP) is -2.57. The molecule has 1 rings (SSSR count). The summed E-state index contributed by atoms with van der Waals surface area (Å²) in [6.45, 7) is -0.414. The molecule has 0 aromatic heterocycles. The lowest BCUT2D eigenvalue weighted by Crippen LogP contribution is -2.69. The molecule has 1 aliphatic heterocycles. The van der Waals surface area contributed by atoms with Gasteiger partial charge in [-0.3, -0.25) is 14.1 Å². The van der Waals surface area contributed by atoms with Gasteiger partial charge in [0.1, 0.15) is 6.54 Å². The fourth-order valence-electron chi connectivity index (χ4n) is 1.56. The van der Waals surface area contributed by atoms with E-state index in [1.165, 1.54) is 0 Å². The number of ether oxygens (including phenoxy) is 1. The molecule has 11 heteroatoms. The van der Waals surface area contributed by atoms with Gasteiger partial charge in [0.15, 0.2) is 12.0 Å². The molecule has 19 heavy (non-hydrogen) atoms. The number of carbonyl (C=O) groups excluding carboxylic acids is 3. The summed E-state index contributed by atoms with van der Waals surface area (Å²) < 4.78 is 34.7. The van der Waals surface area contributed by atoms with Crippen molar-refractivity contribution in [3.8, 4) is 6.07 Å². The van der Waals surface area contributed by atoms with Crippen molar-refractivity contribution in [3.05, 3.63) is 0 Å². The molecule has 1 aliphatic rings. The average Bonchev–Trinajstić information content (AvgIpc) is 2.30. The van der Waals surface area contributed by atoms with Gasteiger partial charge in [0.05, 0.1) is 13.2 Å². The summed E-state index contributed by atoms with van der Waals surface area (Å²) in [6, 6.07) is -0.197. The lowest BCUT2D eigenvalue weighted by Gasteiger charge is -2.40. The smallest absolute Gasteiger partial charge is 0.363 e. The topological polar surface area (TPSA) is 154 Å². The Kier molecular flexibility index (Phi) is 4.07. The monoisotopic (exact) mass is 291 g/mol. The van der Waals surface area contributed by atoms with Crippen LogP contribution < -0.4 is 5.32 Å². The summed E-state index contributed by atoms with van der Waals surface area (Å²) in [5.41, 5.74) is 0. The van der Waals surface area contributed by atoms with Crippen LogP contribution in [-0.2, 0) is 29.4 Å². The van der Waals surface area contributed by atoms with E-state index >= 15 is 0 Å². The molecule has 0 bridgehead atoms. The molecular weight excluding hydrogens is 282 g/mol. The number of hydrogen-bond acceptors (Lipinski definition) is 7. The molecule has 1 saturated heterocycles. The van der Waals surface area contributed by atoms with Gasteiger partial charge in [-0.2, -0.15) is 13.7 Å². The van der Waals surface area contributed by atoms with E-state index in [0.717, 1.165) is 7.11 Å². The third-order valence-electron chi connectivity index (χ3n) is 2.37. The third-order valence-corrected chi connectivity index (χ3v) is 3.27. The van der Waals surface area contributed by atoms with Crippen LogP contribution in [0.3, 0.4) is 0 Å². The van der Waals surface area contributed by atoms with Crippen LogP contribution >= 0.6 is 0 Å². The Balaban J connectivity index is 3.01. The second-order valence-corrected chi connectivity index (χ2v) is 4.72. The Morgan fingerprint density at radius 3 is 2.58 bits per heavy atom. The molecule has 0 radical (unpaired) electrons. The Morgan fingerprint density at radius 2 is 2.16 bits per heavy atom. The molecule has 104 valence electrons. The number of nitriles is 1. The fourth-order valence-corrected chi connectivity index (χ4v) is 2.40. The molecule has 2 atom stereocenters. The maximum absolute atomic E-state index is 11.5. The van der Waals surface area contributed by atoms with Crippen LogP contribution in [-0.4, -0.2) is 54.8 Å². The van der Waals surface area contributed by atoms with Crippen LogP contribution in [0.15, 0.2) is 0 Å². The summed E-state index contributed by atoms with van der Waals surface area (Å²) in [7, 11) is -4.04. The van der Waals surface area contributed by atoms with Crippen molar-refractivity contribution >= 4 is 28.1 Å². The molecule has 1 heterocycles. The van der Waals surface area contributed by atoms with E-state index in [-0.39, 0.29) is 4.31 Å². The first-order valence-corrected chi connectivity index (χ1v) is 6.18. The zero-order chi connectivity index (χ0) is 14.8. The van der Waals surface area contributed by atoms with E-state index in [2.05, 4.69) is 4.74 Å². The highest BCUT2D eigenvalue weighted by atomic mass is 32.2. The van der Waals surface area contributed by atoms with Crippen molar-refractivity contribution < 1.29 is 32.1 Å².